The average Bonchev–Trinajstić information content (AvgIpc) is 2.90. The number of aromatic amines is 1. The summed E-state index contributed by atoms with van der Waals surface area (Å²) < 4.78 is 0. The van der Waals surface area contributed by atoms with Crippen LogP contribution in [0.2, 0.25) is 0 Å². The molecule has 1 aromatic carbocycles. The Morgan fingerprint density at radius 1 is 1.20 bits per heavy atom. The molecule has 2 aromatic heterocycles. The number of pyridine rings is 1. The number of aromatic nitrogens is 2. The van der Waals surface area contributed by atoms with Crippen molar-refractivity contribution in [1.82, 2.24) is 9.97 Å². The van der Waals surface area contributed by atoms with Crippen molar-refractivity contribution in [3.8, 4) is 0 Å². The second-order valence-corrected chi connectivity index (χ2v) is 4.25. The van der Waals surface area contributed by atoms with Gasteiger partial charge in [0.25, 0.3) is 5.69 Å². The number of benzene rings is 1. The van der Waals surface area contributed by atoms with Crippen LogP contribution in [0.25, 0.3) is 10.9 Å². The lowest BCUT2D eigenvalue weighted by Crippen LogP contribution is -2.00. The minimum atomic E-state index is -0.468. The first-order valence-corrected chi connectivity index (χ1v) is 5.87. The summed E-state index contributed by atoms with van der Waals surface area (Å²) in [6, 6.07) is 7.65. The Morgan fingerprint density at radius 2 is 1.95 bits per heavy atom. The number of nitrogens with zero attached hydrogens (tertiary/aromatic N) is 2. The molecule has 0 bridgehead atoms. The number of H-pyrrole nitrogens is 1. The van der Waals surface area contributed by atoms with E-state index in [1.165, 1.54) is 12.1 Å². The van der Waals surface area contributed by atoms with Crippen LogP contribution in [0.3, 0.4) is 0 Å². The highest BCUT2D eigenvalue weighted by atomic mass is 16.6. The molecule has 0 aliphatic carbocycles. The molecular formula is C14H9N3O3. The van der Waals surface area contributed by atoms with Gasteiger partial charge in [-0.1, -0.05) is 0 Å². The molecule has 0 fully saturated rings. The van der Waals surface area contributed by atoms with Crippen LogP contribution in [0.15, 0.2) is 48.9 Å². The van der Waals surface area contributed by atoms with Gasteiger partial charge in [-0.05, 0) is 18.2 Å². The maximum Gasteiger partial charge on any atom is 0.271 e. The number of non-ortho nitro benzene ring substituents is 1. The predicted octanol–water partition coefficient (Wildman–Crippen LogP) is 2.70. The van der Waals surface area contributed by atoms with Crippen LogP contribution in [0.1, 0.15) is 15.9 Å². The van der Waals surface area contributed by atoms with Gasteiger partial charge in [-0.15, -0.1) is 0 Å². The zero-order valence-corrected chi connectivity index (χ0v) is 10.2. The third-order valence-electron chi connectivity index (χ3n) is 3.06. The molecule has 20 heavy (non-hydrogen) atoms. The van der Waals surface area contributed by atoms with E-state index in [-0.39, 0.29) is 11.5 Å². The molecule has 0 radical (unpaired) electrons. The third kappa shape index (κ3) is 1.93. The first-order chi connectivity index (χ1) is 9.66. The van der Waals surface area contributed by atoms with E-state index in [4.69, 9.17) is 0 Å². The molecule has 0 aliphatic heterocycles. The highest BCUT2D eigenvalue weighted by molar-refractivity contribution is 6.16. The second kappa shape index (κ2) is 4.58. The Labute approximate surface area is 113 Å². The monoisotopic (exact) mass is 267 g/mol. The van der Waals surface area contributed by atoms with Crippen molar-refractivity contribution in [1.29, 1.82) is 0 Å². The Morgan fingerprint density at radius 3 is 2.65 bits per heavy atom. The summed E-state index contributed by atoms with van der Waals surface area (Å²) in [5.41, 5.74) is 1.57. The van der Waals surface area contributed by atoms with Gasteiger partial charge in [0, 0.05) is 47.2 Å². The van der Waals surface area contributed by atoms with E-state index >= 15 is 0 Å². The fourth-order valence-electron chi connectivity index (χ4n) is 2.07. The van der Waals surface area contributed by atoms with E-state index in [1.807, 2.05) is 0 Å². The highest BCUT2D eigenvalue weighted by Gasteiger charge is 2.16. The molecule has 0 atom stereocenters. The summed E-state index contributed by atoms with van der Waals surface area (Å²) in [6.07, 6.45) is 4.66. The summed E-state index contributed by atoms with van der Waals surface area (Å²) in [4.78, 5) is 29.4. The van der Waals surface area contributed by atoms with Crippen molar-refractivity contribution in [2.24, 2.45) is 0 Å². The number of hydrogen-bond donors (Lipinski definition) is 1. The van der Waals surface area contributed by atoms with Gasteiger partial charge < -0.3 is 4.98 Å². The van der Waals surface area contributed by atoms with Gasteiger partial charge in [0.05, 0.1) is 10.4 Å². The van der Waals surface area contributed by atoms with Gasteiger partial charge in [-0.3, -0.25) is 19.9 Å². The number of nitrogens with one attached hydrogen (secondary N) is 1. The van der Waals surface area contributed by atoms with Gasteiger partial charge in [-0.2, -0.15) is 0 Å². The molecule has 0 aliphatic rings. The number of hydrogen-bond acceptors (Lipinski definition) is 4. The predicted molar refractivity (Wildman–Crippen MR) is 72.6 cm³/mol. The van der Waals surface area contributed by atoms with Gasteiger partial charge in [0.2, 0.25) is 0 Å². The fraction of sp³-hybridized carbons (Fsp3) is 0. The van der Waals surface area contributed by atoms with Crippen LogP contribution in [-0.2, 0) is 0 Å². The smallest absolute Gasteiger partial charge is 0.271 e. The molecule has 0 unspecified atom stereocenters. The first kappa shape index (κ1) is 12.0. The Kier molecular flexibility index (Phi) is 2.76. The molecule has 0 saturated heterocycles. The van der Waals surface area contributed by atoms with Crippen LogP contribution >= 0.6 is 0 Å². The SMILES string of the molecule is O=C(c1ccncc1)c1c[nH]c2cc([N+](=O)[O-])ccc12. The topological polar surface area (TPSA) is 88.9 Å². The third-order valence-corrected chi connectivity index (χ3v) is 3.06. The zero-order valence-electron chi connectivity index (χ0n) is 10.2. The Hall–Kier alpha value is -3.02. The van der Waals surface area contributed by atoms with Crippen LogP contribution < -0.4 is 0 Å². The first-order valence-electron chi connectivity index (χ1n) is 5.87. The van der Waals surface area contributed by atoms with E-state index < -0.39 is 4.92 Å². The van der Waals surface area contributed by atoms with Crippen LogP contribution in [0, 0.1) is 10.1 Å². The maximum absolute atomic E-state index is 12.4. The number of nitro groups is 1. The summed E-state index contributed by atoms with van der Waals surface area (Å²) in [5, 5.41) is 11.4. The number of rotatable bonds is 3. The highest BCUT2D eigenvalue weighted by Crippen LogP contribution is 2.24. The second-order valence-electron chi connectivity index (χ2n) is 4.25. The van der Waals surface area contributed by atoms with E-state index in [1.54, 1.807) is 36.8 Å². The number of carbonyl (C=O) groups is 1. The van der Waals surface area contributed by atoms with Crippen molar-refractivity contribution >= 4 is 22.4 Å². The zero-order chi connectivity index (χ0) is 14.1. The minimum absolute atomic E-state index is 0.0118. The number of fused-ring (bicyclic) bond motifs is 1. The summed E-state index contributed by atoms with van der Waals surface area (Å²) in [7, 11) is 0. The molecule has 2 heterocycles. The molecule has 1 N–H and O–H groups in total. The average molecular weight is 267 g/mol. The number of carbonyl (C=O) groups excluding carboxylic acids is 1. The van der Waals surface area contributed by atoms with Crippen LogP contribution in [-0.4, -0.2) is 20.7 Å². The molecule has 6 nitrogen and oxygen atoms in total. The molecule has 0 amide bonds. The standard InChI is InChI=1S/C14H9N3O3/c18-14(9-3-5-15-6-4-9)12-8-16-13-7-10(17(19)20)1-2-11(12)13/h1-8,16H. The molecule has 0 spiro atoms. The van der Waals surface area contributed by atoms with E-state index in [9.17, 15) is 14.9 Å². The lowest BCUT2D eigenvalue weighted by molar-refractivity contribution is -0.384. The number of ketones is 1. The molecule has 6 heteroatoms. The lowest BCUT2D eigenvalue weighted by atomic mass is 10.0. The summed E-state index contributed by atoms with van der Waals surface area (Å²) in [5.74, 6) is -0.146. The normalized spacial score (nSPS) is 10.6. The fourth-order valence-corrected chi connectivity index (χ4v) is 2.07. The molecule has 3 aromatic rings. The minimum Gasteiger partial charge on any atom is -0.360 e. The van der Waals surface area contributed by atoms with Crippen LogP contribution in [0.4, 0.5) is 5.69 Å². The van der Waals surface area contributed by atoms with Crippen molar-refractivity contribution in [3.63, 3.8) is 0 Å². The van der Waals surface area contributed by atoms with Crippen molar-refractivity contribution < 1.29 is 9.72 Å². The van der Waals surface area contributed by atoms with Crippen molar-refractivity contribution in [2.75, 3.05) is 0 Å². The van der Waals surface area contributed by atoms with Crippen LogP contribution in [0.5, 0.6) is 0 Å². The largest absolute Gasteiger partial charge is 0.360 e. The molecule has 0 saturated carbocycles. The quantitative estimate of drug-likeness (QED) is 0.449. The number of nitro benzene ring substituents is 1. The lowest BCUT2D eigenvalue weighted by Gasteiger charge is -1.99. The van der Waals surface area contributed by atoms with E-state index in [2.05, 4.69) is 9.97 Å². The van der Waals surface area contributed by atoms with E-state index in [0.717, 1.165) is 0 Å². The van der Waals surface area contributed by atoms with Gasteiger partial charge >= 0.3 is 0 Å². The maximum atomic E-state index is 12.4. The molecule has 3 rings (SSSR count). The van der Waals surface area contributed by atoms with Crippen molar-refractivity contribution in [3.05, 3.63) is 70.2 Å². The van der Waals surface area contributed by atoms with E-state index in [0.29, 0.717) is 22.0 Å². The summed E-state index contributed by atoms with van der Waals surface area (Å²) in [6.45, 7) is 0. The summed E-state index contributed by atoms with van der Waals surface area (Å²) >= 11 is 0. The Bertz CT molecular complexity index is 809. The Balaban J connectivity index is 2.09. The van der Waals surface area contributed by atoms with Gasteiger partial charge in [-0.25, -0.2) is 0 Å². The van der Waals surface area contributed by atoms with Gasteiger partial charge in [0.15, 0.2) is 5.78 Å². The van der Waals surface area contributed by atoms with Crippen molar-refractivity contribution in [2.45, 2.75) is 0 Å². The van der Waals surface area contributed by atoms with Gasteiger partial charge in [0.1, 0.15) is 0 Å². The molecule has 98 valence electrons. The molecular weight excluding hydrogens is 258 g/mol.